The monoisotopic (exact) mass is 645 g/mol. The third-order valence-corrected chi connectivity index (χ3v) is 9.42. The zero-order valence-corrected chi connectivity index (χ0v) is 27.9. The third-order valence-electron chi connectivity index (χ3n) is 7.41. The van der Waals surface area contributed by atoms with Crippen LogP contribution in [0.4, 0.5) is 5.69 Å². The van der Waals surface area contributed by atoms with E-state index in [1.165, 1.54) is 17.0 Å². The van der Waals surface area contributed by atoms with Gasteiger partial charge in [-0.1, -0.05) is 84.4 Å². The fraction of sp³-hybridized carbons (Fsp3) is 0.278. The van der Waals surface area contributed by atoms with Gasteiger partial charge in [-0.25, -0.2) is 8.42 Å². The lowest BCUT2D eigenvalue weighted by Crippen LogP contribution is -2.56. The lowest BCUT2D eigenvalue weighted by Gasteiger charge is -2.35. The Morgan fingerprint density at radius 3 is 2.02 bits per heavy atom. The molecule has 1 atom stereocenters. The van der Waals surface area contributed by atoms with E-state index >= 15 is 0 Å². The summed E-state index contributed by atoms with van der Waals surface area (Å²) in [6.45, 7) is 8.93. The molecule has 4 rings (SSSR count). The van der Waals surface area contributed by atoms with E-state index in [1.54, 1.807) is 43.3 Å². The van der Waals surface area contributed by atoms with Crippen LogP contribution in [-0.4, -0.2) is 43.3 Å². The number of aryl methyl sites for hydroxylation is 2. The Morgan fingerprint density at radius 1 is 0.822 bits per heavy atom. The molecule has 0 saturated carbocycles. The molecule has 236 valence electrons. The first-order valence-corrected chi connectivity index (χ1v) is 16.6. The van der Waals surface area contributed by atoms with Crippen molar-refractivity contribution < 1.29 is 18.0 Å². The maximum absolute atomic E-state index is 14.6. The number of benzene rings is 4. The predicted octanol–water partition coefficient (Wildman–Crippen LogP) is 6.71. The Bertz CT molecular complexity index is 1740. The van der Waals surface area contributed by atoms with E-state index in [0.29, 0.717) is 16.3 Å². The van der Waals surface area contributed by atoms with Crippen LogP contribution in [0.5, 0.6) is 0 Å². The van der Waals surface area contributed by atoms with Gasteiger partial charge in [-0.3, -0.25) is 13.9 Å². The summed E-state index contributed by atoms with van der Waals surface area (Å²) in [6, 6.07) is 29.1. The van der Waals surface area contributed by atoms with Gasteiger partial charge < -0.3 is 10.2 Å². The summed E-state index contributed by atoms with van der Waals surface area (Å²) in [4.78, 5) is 30.2. The van der Waals surface area contributed by atoms with Crippen molar-refractivity contribution in [1.82, 2.24) is 10.2 Å². The second kappa shape index (κ2) is 14.3. The van der Waals surface area contributed by atoms with Crippen molar-refractivity contribution in [3.8, 4) is 0 Å². The molecule has 0 spiro atoms. The number of nitrogens with zero attached hydrogens (tertiary/aromatic N) is 2. The van der Waals surface area contributed by atoms with Gasteiger partial charge in [0.15, 0.2) is 0 Å². The van der Waals surface area contributed by atoms with E-state index in [0.717, 1.165) is 21.0 Å². The Kier molecular flexibility index (Phi) is 10.7. The van der Waals surface area contributed by atoms with Crippen molar-refractivity contribution in [3.05, 3.63) is 130 Å². The Labute approximate surface area is 271 Å². The number of anilines is 1. The highest BCUT2D eigenvalue weighted by Crippen LogP contribution is 2.30. The standard InChI is InChI=1S/C36H40ClN3O4S/c1-26-14-12-13-17-29(26)24-39(33(35(42)38-36(3,4)5)23-28-15-8-6-9-16-28)34(41)25-40(32-21-20-30(37)22-27(32)2)45(43,44)31-18-10-7-11-19-31/h6-22,33H,23-25H2,1-5H3,(H,38,42)/t33-/m1/s1. The number of carbonyl (C=O) groups is 2. The molecule has 7 nitrogen and oxygen atoms in total. The largest absolute Gasteiger partial charge is 0.350 e. The van der Waals surface area contributed by atoms with Gasteiger partial charge in [-0.15, -0.1) is 0 Å². The molecule has 0 fully saturated rings. The lowest BCUT2D eigenvalue weighted by molar-refractivity contribution is -0.140. The van der Waals surface area contributed by atoms with Crippen LogP contribution < -0.4 is 9.62 Å². The van der Waals surface area contributed by atoms with E-state index in [4.69, 9.17) is 11.6 Å². The number of hydrogen-bond donors (Lipinski definition) is 1. The van der Waals surface area contributed by atoms with E-state index in [1.807, 2.05) is 82.3 Å². The summed E-state index contributed by atoms with van der Waals surface area (Å²) < 4.78 is 29.4. The summed E-state index contributed by atoms with van der Waals surface area (Å²) in [5, 5.41) is 3.50. The first-order valence-electron chi connectivity index (χ1n) is 14.8. The number of hydrogen-bond acceptors (Lipinski definition) is 4. The highest BCUT2D eigenvalue weighted by atomic mass is 35.5. The minimum atomic E-state index is -4.19. The number of halogens is 1. The maximum atomic E-state index is 14.6. The predicted molar refractivity (Wildman–Crippen MR) is 181 cm³/mol. The van der Waals surface area contributed by atoms with Crippen LogP contribution in [0.1, 0.15) is 43.0 Å². The molecule has 0 aliphatic carbocycles. The summed E-state index contributed by atoms with van der Waals surface area (Å²) >= 11 is 6.23. The van der Waals surface area contributed by atoms with Crippen LogP contribution in [0.25, 0.3) is 0 Å². The minimum absolute atomic E-state index is 0.0453. The highest BCUT2D eigenvalue weighted by molar-refractivity contribution is 7.92. The fourth-order valence-electron chi connectivity index (χ4n) is 5.11. The SMILES string of the molecule is Cc1ccccc1CN(C(=O)CN(c1ccc(Cl)cc1C)S(=O)(=O)c1ccccc1)[C@H](Cc1ccccc1)C(=O)NC(C)(C)C. The van der Waals surface area contributed by atoms with Crippen LogP contribution in [0.3, 0.4) is 0 Å². The number of sulfonamides is 1. The number of rotatable bonds is 11. The summed E-state index contributed by atoms with van der Waals surface area (Å²) in [7, 11) is -4.19. The Hall–Kier alpha value is -4.14. The molecule has 2 amide bonds. The first kappa shape index (κ1) is 33.7. The van der Waals surface area contributed by atoms with E-state index < -0.39 is 34.1 Å². The second-order valence-electron chi connectivity index (χ2n) is 12.1. The summed E-state index contributed by atoms with van der Waals surface area (Å²) in [6.07, 6.45) is 0.242. The van der Waals surface area contributed by atoms with Gasteiger partial charge in [0.1, 0.15) is 12.6 Å². The van der Waals surface area contributed by atoms with Crippen molar-refractivity contribution in [2.45, 2.75) is 64.1 Å². The van der Waals surface area contributed by atoms with E-state index in [-0.39, 0.29) is 23.8 Å². The number of amides is 2. The van der Waals surface area contributed by atoms with Gasteiger partial charge >= 0.3 is 0 Å². The molecule has 0 aliphatic rings. The van der Waals surface area contributed by atoms with Gasteiger partial charge in [0.2, 0.25) is 11.8 Å². The molecular weight excluding hydrogens is 606 g/mol. The van der Waals surface area contributed by atoms with Crippen molar-refractivity contribution in [3.63, 3.8) is 0 Å². The van der Waals surface area contributed by atoms with Gasteiger partial charge in [0.25, 0.3) is 10.0 Å². The first-order chi connectivity index (χ1) is 21.3. The average molecular weight is 646 g/mol. The van der Waals surface area contributed by atoms with Crippen molar-refractivity contribution in [2.75, 3.05) is 10.8 Å². The molecular formula is C36H40ClN3O4S. The fourth-order valence-corrected chi connectivity index (χ4v) is 6.84. The molecule has 9 heteroatoms. The molecule has 0 aromatic heterocycles. The lowest BCUT2D eigenvalue weighted by atomic mass is 10.00. The third kappa shape index (κ3) is 8.74. The van der Waals surface area contributed by atoms with E-state index in [9.17, 15) is 18.0 Å². The van der Waals surface area contributed by atoms with Crippen molar-refractivity contribution >= 4 is 39.1 Å². The molecule has 1 N–H and O–H groups in total. The quantitative estimate of drug-likeness (QED) is 0.197. The average Bonchev–Trinajstić information content (AvgIpc) is 2.99. The topological polar surface area (TPSA) is 86.8 Å². The molecule has 0 radical (unpaired) electrons. The number of nitrogens with one attached hydrogen (secondary N) is 1. The second-order valence-corrected chi connectivity index (χ2v) is 14.4. The molecule has 4 aromatic carbocycles. The van der Waals surface area contributed by atoms with Gasteiger partial charge in [0, 0.05) is 23.5 Å². The normalized spacial score (nSPS) is 12.3. The molecule has 0 saturated heterocycles. The van der Waals surface area contributed by atoms with Crippen molar-refractivity contribution in [1.29, 1.82) is 0 Å². The Morgan fingerprint density at radius 2 is 1.42 bits per heavy atom. The van der Waals surface area contributed by atoms with Crippen LogP contribution in [0, 0.1) is 13.8 Å². The van der Waals surface area contributed by atoms with Gasteiger partial charge in [-0.05, 0) is 87.2 Å². The minimum Gasteiger partial charge on any atom is -0.350 e. The smallest absolute Gasteiger partial charge is 0.264 e. The Balaban J connectivity index is 1.84. The van der Waals surface area contributed by atoms with Crippen LogP contribution >= 0.6 is 11.6 Å². The molecule has 4 aromatic rings. The zero-order valence-electron chi connectivity index (χ0n) is 26.3. The van der Waals surface area contributed by atoms with E-state index in [2.05, 4.69) is 5.32 Å². The highest BCUT2D eigenvalue weighted by Gasteiger charge is 2.36. The van der Waals surface area contributed by atoms with Crippen LogP contribution in [0.15, 0.2) is 108 Å². The van der Waals surface area contributed by atoms with Gasteiger partial charge in [0.05, 0.1) is 10.6 Å². The van der Waals surface area contributed by atoms with Crippen LogP contribution in [0.2, 0.25) is 5.02 Å². The molecule has 0 heterocycles. The molecule has 45 heavy (non-hydrogen) atoms. The van der Waals surface area contributed by atoms with Gasteiger partial charge in [-0.2, -0.15) is 0 Å². The maximum Gasteiger partial charge on any atom is 0.264 e. The molecule has 0 bridgehead atoms. The number of carbonyl (C=O) groups excluding carboxylic acids is 2. The van der Waals surface area contributed by atoms with Crippen LogP contribution in [-0.2, 0) is 32.6 Å². The van der Waals surface area contributed by atoms with Crippen molar-refractivity contribution in [2.24, 2.45) is 0 Å². The summed E-state index contributed by atoms with van der Waals surface area (Å²) in [5.74, 6) is -0.842. The zero-order chi connectivity index (χ0) is 32.8. The molecule has 0 aliphatic heterocycles. The summed E-state index contributed by atoms with van der Waals surface area (Å²) in [5.41, 5.74) is 3.03. The molecule has 0 unspecified atom stereocenters.